The Morgan fingerprint density at radius 1 is 1.39 bits per heavy atom. The average molecular weight is 255 g/mol. The first kappa shape index (κ1) is 13.4. The molecule has 1 N–H and O–H groups in total. The van der Waals surface area contributed by atoms with Crippen LogP contribution in [0.2, 0.25) is 0 Å². The normalized spacial score (nSPS) is 24.2. The summed E-state index contributed by atoms with van der Waals surface area (Å²) in [5.74, 6) is -1.58. The standard InChI is InChI=1S/C14H19F2NO/c1-2-7-17-10-6-8-18-13(9-10)11-4-3-5-12(15)14(11)16/h3-5,10,13,17H,2,6-9H2,1H3. The Morgan fingerprint density at radius 2 is 2.22 bits per heavy atom. The predicted octanol–water partition coefficient (Wildman–Crippen LogP) is 3.18. The SMILES string of the molecule is CCCNC1CCOC(c2cccc(F)c2F)C1. The number of hydrogen-bond donors (Lipinski definition) is 1. The quantitative estimate of drug-likeness (QED) is 0.892. The summed E-state index contributed by atoms with van der Waals surface area (Å²) in [6.45, 7) is 3.64. The molecular weight excluding hydrogens is 236 g/mol. The zero-order valence-corrected chi connectivity index (χ0v) is 10.6. The predicted molar refractivity (Wildman–Crippen MR) is 66.4 cm³/mol. The summed E-state index contributed by atoms with van der Waals surface area (Å²) < 4.78 is 32.4. The van der Waals surface area contributed by atoms with Crippen LogP contribution in [0.1, 0.15) is 37.9 Å². The van der Waals surface area contributed by atoms with Gasteiger partial charge in [-0.2, -0.15) is 0 Å². The van der Waals surface area contributed by atoms with Gasteiger partial charge in [-0.05, 0) is 31.9 Å². The second-order valence-corrected chi connectivity index (χ2v) is 4.68. The minimum atomic E-state index is -0.806. The minimum absolute atomic E-state index is 0.325. The molecule has 2 rings (SSSR count). The molecule has 100 valence electrons. The number of benzene rings is 1. The monoisotopic (exact) mass is 255 g/mol. The molecule has 1 aliphatic heterocycles. The Morgan fingerprint density at radius 3 is 3.00 bits per heavy atom. The molecule has 1 aromatic rings. The van der Waals surface area contributed by atoms with Crippen molar-refractivity contribution >= 4 is 0 Å². The summed E-state index contributed by atoms with van der Waals surface area (Å²) in [4.78, 5) is 0. The van der Waals surface area contributed by atoms with E-state index in [1.165, 1.54) is 6.07 Å². The number of halogens is 2. The second kappa shape index (κ2) is 6.25. The van der Waals surface area contributed by atoms with Crippen molar-refractivity contribution in [3.05, 3.63) is 35.4 Å². The van der Waals surface area contributed by atoms with Gasteiger partial charge in [0.25, 0.3) is 0 Å². The molecule has 2 unspecified atom stereocenters. The third-order valence-electron chi connectivity index (χ3n) is 3.30. The fourth-order valence-electron chi connectivity index (χ4n) is 2.32. The van der Waals surface area contributed by atoms with Gasteiger partial charge >= 0.3 is 0 Å². The molecule has 2 atom stereocenters. The van der Waals surface area contributed by atoms with E-state index >= 15 is 0 Å². The topological polar surface area (TPSA) is 21.3 Å². The average Bonchev–Trinajstić information content (AvgIpc) is 2.40. The summed E-state index contributed by atoms with van der Waals surface area (Å²) in [6, 6.07) is 4.59. The molecule has 0 radical (unpaired) electrons. The van der Waals surface area contributed by atoms with Gasteiger partial charge in [-0.1, -0.05) is 19.1 Å². The molecule has 0 spiro atoms. The van der Waals surface area contributed by atoms with Crippen LogP contribution in [-0.4, -0.2) is 19.2 Å². The first-order valence-electron chi connectivity index (χ1n) is 6.51. The fraction of sp³-hybridized carbons (Fsp3) is 0.571. The lowest BCUT2D eigenvalue weighted by atomic mass is 9.97. The molecule has 1 saturated heterocycles. The summed E-state index contributed by atoms with van der Waals surface area (Å²) in [5.41, 5.74) is 0.331. The van der Waals surface area contributed by atoms with E-state index in [0.717, 1.165) is 25.5 Å². The highest BCUT2D eigenvalue weighted by atomic mass is 19.2. The van der Waals surface area contributed by atoms with E-state index < -0.39 is 11.6 Å². The largest absolute Gasteiger partial charge is 0.373 e. The highest BCUT2D eigenvalue weighted by Gasteiger charge is 2.26. The Labute approximate surface area is 106 Å². The van der Waals surface area contributed by atoms with Gasteiger partial charge in [-0.15, -0.1) is 0 Å². The third-order valence-corrected chi connectivity index (χ3v) is 3.30. The third kappa shape index (κ3) is 3.06. The van der Waals surface area contributed by atoms with Crippen LogP contribution in [0.5, 0.6) is 0 Å². The Kier molecular flexibility index (Phi) is 4.66. The summed E-state index contributed by atoms with van der Waals surface area (Å²) in [5, 5.41) is 3.41. The van der Waals surface area contributed by atoms with Gasteiger partial charge in [0.15, 0.2) is 11.6 Å². The highest BCUT2D eigenvalue weighted by molar-refractivity contribution is 5.22. The van der Waals surface area contributed by atoms with Gasteiger partial charge in [-0.25, -0.2) is 8.78 Å². The van der Waals surface area contributed by atoms with E-state index in [1.807, 2.05) is 0 Å². The molecule has 0 aromatic heterocycles. The molecule has 1 heterocycles. The molecule has 0 bridgehead atoms. The summed E-state index contributed by atoms with van der Waals surface area (Å²) in [6.07, 6.45) is 2.34. The van der Waals surface area contributed by atoms with E-state index in [9.17, 15) is 8.78 Å². The molecule has 0 aliphatic carbocycles. The molecule has 0 saturated carbocycles. The van der Waals surface area contributed by atoms with Crippen LogP contribution in [0.25, 0.3) is 0 Å². The zero-order valence-electron chi connectivity index (χ0n) is 10.6. The Balaban J connectivity index is 2.06. The molecule has 1 fully saturated rings. The fourth-order valence-corrected chi connectivity index (χ4v) is 2.32. The van der Waals surface area contributed by atoms with Crippen molar-refractivity contribution in [2.24, 2.45) is 0 Å². The zero-order chi connectivity index (χ0) is 13.0. The van der Waals surface area contributed by atoms with Crippen LogP contribution < -0.4 is 5.32 Å². The summed E-state index contributed by atoms with van der Waals surface area (Å²) in [7, 11) is 0. The molecule has 4 heteroatoms. The van der Waals surface area contributed by atoms with Gasteiger partial charge in [0.2, 0.25) is 0 Å². The van der Waals surface area contributed by atoms with Crippen molar-refractivity contribution in [1.29, 1.82) is 0 Å². The molecule has 2 nitrogen and oxygen atoms in total. The molecular formula is C14H19F2NO. The van der Waals surface area contributed by atoms with E-state index in [0.29, 0.717) is 24.6 Å². The maximum atomic E-state index is 13.7. The molecule has 0 amide bonds. The van der Waals surface area contributed by atoms with Crippen LogP contribution in [0, 0.1) is 11.6 Å². The molecule has 1 aromatic carbocycles. The van der Waals surface area contributed by atoms with Crippen molar-refractivity contribution in [3.63, 3.8) is 0 Å². The maximum Gasteiger partial charge on any atom is 0.164 e. The van der Waals surface area contributed by atoms with Crippen molar-refractivity contribution in [1.82, 2.24) is 5.32 Å². The van der Waals surface area contributed by atoms with Crippen molar-refractivity contribution in [2.75, 3.05) is 13.2 Å². The molecule has 18 heavy (non-hydrogen) atoms. The lowest BCUT2D eigenvalue weighted by Gasteiger charge is -2.30. The van der Waals surface area contributed by atoms with Gasteiger partial charge in [0.1, 0.15) is 0 Å². The van der Waals surface area contributed by atoms with Crippen LogP contribution >= 0.6 is 0 Å². The van der Waals surface area contributed by atoms with E-state index in [4.69, 9.17) is 4.74 Å². The van der Waals surface area contributed by atoms with Gasteiger partial charge in [0, 0.05) is 18.2 Å². The van der Waals surface area contributed by atoms with Crippen LogP contribution in [0.4, 0.5) is 8.78 Å². The van der Waals surface area contributed by atoms with Gasteiger partial charge < -0.3 is 10.1 Å². The lowest BCUT2D eigenvalue weighted by Crippen LogP contribution is -2.36. The van der Waals surface area contributed by atoms with E-state index in [2.05, 4.69) is 12.2 Å². The lowest BCUT2D eigenvalue weighted by molar-refractivity contribution is -0.00191. The van der Waals surface area contributed by atoms with Crippen molar-refractivity contribution in [2.45, 2.75) is 38.3 Å². The first-order chi connectivity index (χ1) is 8.72. The summed E-state index contributed by atoms with van der Waals surface area (Å²) >= 11 is 0. The Bertz CT molecular complexity index is 397. The number of rotatable bonds is 4. The number of nitrogens with one attached hydrogen (secondary N) is 1. The van der Waals surface area contributed by atoms with Crippen LogP contribution in [0.15, 0.2) is 18.2 Å². The smallest absolute Gasteiger partial charge is 0.164 e. The molecule has 1 aliphatic rings. The van der Waals surface area contributed by atoms with Crippen LogP contribution in [-0.2, 0) is 4.74 Å². The minimum Gasteiger partial charge on any atom is -0.373 e. The van der Waals surface area contributed by atoms with Crippen molar-refractivity contribution in [3.8, 4) is 0 Å². The van der Waals surface area contributed by atoms with Gasteiger partial charge in [0.05, 0.1) is 6.10 Å². The number of hydrogen-bond acceptors (Lipinski definition) is 2. The second-order valence-electron chi connectivity index (χ2n) is 4.68. The van der Waals surface area contributed by atoms with E-state index in [1.54, 1.807) is 6.07 Å². The Hall–Kier alpha value is -1.00. The number of ether oxygens (including phenoxy) is 1. The first-order valence-corrected chi connectivity index (χ1v) is 6.51. The van der Waals surface area contributed by atoms with Crippen molar-refractivity contribution < 1.29 is 13.5 Å². The van der Waals surface area contributed by atoms with E-state index in [-0.39, 0.29) is 6.10 Å². The van der Waals surface area contributed by atoms with Gasteiger partial charge in [-0.3, -0.25) is 0 Å². The van der Waals surface area contributed by atoms with Crippen LogP contribution in [0.3, 0.4) is 0 Å². The highest BCUT2D eigenvalue weighted by Crippen LogP contribution is 2.30. The maximum absolute atomic E-state index is 13.7.